The van der Waals surface area contributed by atoms with Crippen molar-refractivity contribution in [2.75, 3.05) is 25.3 Å². The van der Waals surface area contributed by atoms with E-state index in [1.54, 1.807) is 7.11 Å². The normalized spacial score (nSPS) is 12.8. The predicted molar refractivity (Wildman–Crippen MR) is 111 cm³/mol. The van der Waals surface area contributed by atoms with Crippen molar-refractivity contribution in [3.8, 4) is 17.2 Å². The van der Waals surface area contributed by atoms with Crippen LogP contribution in [0, 0.1) is 0 Å². The van der Waals surface area contributed by atoms with Gasteiger partial charge in [0.1, 0.15) is 13.2 Å². The fourth-order valence-electron chi connectivity index (χ4n) is 3.06. The van der Waals surface area contributed by atoms with E-state index in [-0.39, 0.29) is 0 Å². The van der Waals surface area contributed by atoms with Gasteiger partial charge in [0.05, 0.1) is 25.6 Å². The quantitative estimate of drug-likeness (QED) is 0.470. The number of methoxy groups -OCH3 is 1. The monoisotopic (exact) mass is 374 g/mol. The van der Waals surface area contributed by atoms with Crippen molar-refractivity contribution in [1.82, 2.24) is 0 Å². The maximum absolute atomic E-state index is 5.71. The molecule has 1 aliphatic rings. The molecule has 1 heterocycles. The minimum atomic E-state index is 0.523. The van der Waals surface area contributed by atoms with E-state index < -0.39 is 0 Å². The largest absolute Gasteiger partial charge is 0.493 e. The molecule has 0 aromatic heterocycles. The molecule has 0 radical (unpaired) electrons. The Bertz CT molecular complexity index is 926. The topological polar surface area (TPSA) is 43.3 Å². The minimum Gasteiger partial charge on any atom is -0.493 e. The van der Waals surface area contributed by atoms with Gasteiger partial charge in [0, 0.05) is 5.56 Å². The number of hydrazone groups is 1. The first kappa shape index (κ1) is 17.9. The van der Waals surface area contributed by atoms with Gasteiger partial charge in [0.2, 0.25) is 5.75 Å². The number of fused-ring (bicyclic) bond motifs is 1. The molecule has 0 N–H and O–H groups in total. The van der Waals surface area contributed by atoms with Gasteiger partial charge in [-0.05, 0) is 29.8 Å². The summed E-state index contributed by atoms with van der Waals surface area (Å²) in [5.41, 5.74) is 3.09. The molecular formula is C23H22N2O3. The lowest BCUT2D eigenvalue weighted by Crippen LogP contribution is -2.17. The maximum atomic E-state index is 5.71. The van der Waals surface area contributed by atoms with Crippen LogP contribution in [0.2, 0.25) is 0 Å². The van der Waals surface area contributed by atoms with Crippen LogP contribution >= 0.6 is 0 Å². The lowest BCUT2D eigenvalue weighted by molar-refractivity contribution is 0.165. The average molecular weight is 374 g/mol. The smallest absolute Gasteiger partial charge is 0.203 e. The maximum Gasteiger partial charge on any atom is 0.203 e. The van der Waals surface area contributed by atoms with Crippen molar-refractivity contribution in [1.29, 1.82) is 0 Å². The molecular weight excluding hydrogens is 352 g/mol. The Hall–Kier alpha value is -3.47. The van der Waals surface area contributed by atoms with Gasteiger partial charge < -0.3 is 14.2 Å². The number of anilines is 1. The molecule has 1 aliphatic heterocycles. The molecule has 0 amide bonds. The zero-order valence-corrected chi connectivity index (χ0v) is 15.7. The fraction of sp³-hybridized carbons (Fsp3) is 0.174. The summed E-state index contributed by atoms with van der Waals surface area (Å²) in [6.45, 7) is 1.72. The molecule has 28 heavy (non-hydrogen) atoms. The number of hydrogen-bond donors (Lipinski definition) is 0. The van der Waals surface area contributed by atoms with Crippen molar-refractivity contribution in [2.45, 2.75) is 6.54 Å². The summed E-state index contributed by atoms with van der Waals surface area (Å²) in [7, 11) is 1.63. The SMILES string of the molecule is COc1cc(/C=N\N(Cc2ccccc2)c2ccccc2)cc2c1OCCO2. The third kappa shape index (κ3) is 4.09. The summed E-state index contributed by atoms with van der Waals surface area (Å²) < 4.78 is 16.8. The zero-order chi connectivity index (χ0) is 19.2. The lowest BCUT2D eigenvalue weighted by Gasteiger charge is -2.21. The summed E-state index contributed by atoms with van der Waals surface area (Å²) in [5, 5.41) is 6.71. The highest BCUT2D eigenvalue weighted by molar-refractivity contribution is 5.83. The van der Waals surface area contributed by atoms with Crippen LogP contribution in [0.1, 0.15) is 11.1 Å². The Morgan fingerprint density at radius 2 is 1.68 bits per heavy atom. The van der Waals surface area contributed by atoms with E-state index in [2.05, 4.69) is 12.1 Å². The van der Waals surface area contributed by atoms with Crippen molar-refractivity contribution >= 4 is 11.9 Å². The Balaban J connectivity index is 1.64. The summed E-state index contributed by atoms with van der Waals surface area (Å²) in [5.74, 6) is 1.98. The van der Waals surface area contributed by atoms with Crippen LogP contribution in [0.25, 0.3) is 0 Å². The Labute approximate surface area is 164 Å². The van der Waals surface area contributed by atoms with E-state index in [0.29, 0.717) is 37.0 Å². The molecule has 5 nitrogen and oxygen atoms in total. The van der Waals surface area contributed by atoms with E-state index >= 15 is 0 Å². The molecule has 4 rings (SSSR count). The van der Waals surface area contributed by atoms with E-state index in [1.807, 2.05) is 71.9 Å². The van der Waals surface area contributed by atoms with Gasteiger partial charge in [-0.1, -0.05) is 48.5 Å². The molecule has 0 fully saturated rings. The fourth-order valence-corrected chi connectivity index (χ4v) is 3.06. The van der Waals surface area contributed by atoms with Gasteiger partial charge in [0.25, 0.3) is 0 Å². The Kier molecular flexibility index (Phi) is 5.43. The van der Waals surface area contributed by atoms with Crippen LogP contribution in [0.3, 0.4) is 0 Å². The van der Waals surface area contributed by atoms with Gasteiger partial charge >= 0.3 is 0 Å². The molecule has 0 saturated heterocycles. The summed E-state index contributed by atoms with van der Waals surface area (Å²) in [6.07, 6.45) is 1.82. The first-order valence-corrected chi connectivity index (χ1v) is 9.21. The van der Waals surface area contributed by atoms with Crippen LogP contribution in [0.15, 0.2) is 77.9 Å². The lowest BCUT2D eigenvalue weighted by atomic mass is 10.2. The molecule has 0 atom stereocenters. The summed E-state index contributed by atoms with van der Waals surface area (Å²) in [4.78, 5) is 0. The van der Waals surface area contributed by atoms with Crippen molar-refractivity contribution in [2.24, 2.45) is 5.10 Å². The molecule has 3 aromatic carbocycles. The molecule has 0 spiro atoms. The molecule has 0 bridgehead atoms. The second kappa shape index (κ2) is 8.48. The first-order chi connectivity index (χ1) is 13.8. The highest BCUT2D eigenvalue weighted by Crippen LogP contribution is 2.40. The molecule has 5 heteroatoms. The number of rotatable bonds is 6. The van der Waals surface area contributed by atoms with Gasteiger partial charge in [-0.25, -0.2) is 0 Å². The number of ether oxygens (including phenoxy) is 3. The highest BCUT2D eigenvalue weighted by Gasteiger charge is 2.18. The Morgan fingerprint density at radius 1 is 0.964 bits per heavy atom. The van der Waals surface area contributed by atoms with Crippen LogP contribution in [-0.2, 0) is 6.54 Å². The zero-order valence-electron chi connectivity index (χ0n) is 15.7. The van der Waals surface area contributed by atoms with Crippen molar-refractivity contribution in [3.05, 3.63) is 83.9 Å². The molecule has 0 aliphatic carbocycles. The van der Waals surface area contributed by atoms with Gasteiger partial charge in [-0.15, -0.1) is 0 Å². The molecule has 0 saturated carbocycles. The third-order valence-corrected chi connectivity index (χ3v) is 4.43. The van der Waals surface area contributed by atoms with Crippen molar-refractivity contribution in [3.63, 3.8) is 0 Å². The molecule has 3 aromatic rings. The van der Waals surface area contributed by atoms with Crippen LogP contribution in [0.5, 0.6) is 17.2 Å². The highest BCUT2D eigenvalue weighted by atomic mass is 16.6. The second-order valence-corrected chi connectivity index (χ2v) is 6.37. The van der Waals surface area contributed by atoms with Gasteiger partial charge in [-0.2, -0.15) is 5.10 Å². The Morgan fingerprint density at radius 3 is 2.43 bits per heavy atom. The van der Waals surface area contributed by atoms with Gasteiger partial charge in [0.15, 0.2) is 11.5 Å². The number of para-hydroxylation sites is 1. The summed E-state index contributed by atoms with van der Waals surface area (Å²) in [6, 6.07) is 24.2. The minimum absolute atomic E-state index is 0.523. The molecule has 142 valence electrons. The van der Waals surface area contributed by atoms with E-state index in [1.165, 1.54) is 5.56 Å². The average Bonchev–Trinajstić information content (AvgIpc) is 2.77. The van der Waals surface area contributed by atoms with Crippen molar-refractivity contribution < 1.29 is 14.2 Å². The number of hydrogen-bond acceptors (Lipinski definition) is 5. The molecule has 0 unspecified atom stereocenters. The first-order valence-electron chi connectivity index (χ1n) is 9.21. The van der Waals surface area contributed by atoms with Crippen LogP contribution in [0.4, 0.5) is 5.69 Å². The number of benzene rings is 3. The van der Waals surface area contributed by atoms with Crippen LogP contribution in [-0.4, -0.2) is 26.5 Å². The standard InChI is InChI=1S/C23H22N2O3/c1-26-21-14-19(15-22-23(21)28-13-12-27-22)16-24-25(20-10-6-3-7-11-20)17-18-8-4-2-5-9-18/h2-11,14-16H,12-13,17H2,1H3/b24-16-. The van der Waals surface area contributed by atoms with E-state index in [4.69, 9.17) is 19.3 Å². The van der Waals surface area contributed by atoms with E-state index in [9.17, 15) is 0 Å². The summed E-state index contributed by atoms with van der Waals surface area (Å²) >= 11 is 0. The van der Waals surface area contributed by atoms with E-state index in [0.717, 1.165) is 11.3 Å². The van der Waals surface area contributed by atoms with Crippen LogP contribution < -0.4 is 19.2 Å². The number of nitrogens with zero attached hydrogens (tertiary/aromatic N) is 2. The van der Waals surface area contributed by atoms with Gasteiger partial charge in [-0.3, -0.25) is 5.01 Å². The predicted octanol–water partition coefficient (Wildman–Crippen LogP) is 4.51. The third-order valence-electron chi connectivity index (χ3n) is 4.43. The second-order valence-electron chi connectivity index (χ2n) is 6.37.